The zero-order valence-electron chi connectivity index (χ0n) is 9.85. The van der Waals surface area contributed by atoms with E-state index in [9.17, 15) is 8.42 Å². The lowest BCUT2D eigenvalue weighted by Crippen LogP contribution is -2.01. The van der Waals surface area contributed by atoms with Gasteiger partial charge in [0.05, 0.1) is 11.4 Å². The zero-order valence-corrected chi connectivity index (χ0v) is 13.8. The maximum atomic E-state index is 11.4. The van der Waals surface area contributed by atoms with E-state index in [4.69, 9.17) is 11.6 Å². The van der Waals surface area contributed by atoms with E-state index in [1.807, 2.05) is 0 Å². The summed E-state index contributed by atoms with van der Waals surface area (Å²) in [6.45, 7) is 0.585. The molecule has 1 aromatic carbocycles. The summed E-state index contributed by atoms with van der Waals surface area (Å²) in [6.07, 6.45) is 2.89. The first kappa shape index (κ1) is 14.8. The van der Waals surface area contributed by atoms with Crippen LogP contribution in [0.15, 0.2) is 33.8 Å². The first-order valence-corrected chi connectivity index (χ1v) is 9.08. The van der Waals surface area contributed by atoms with Crippen molar-refractivity contribution < 1.29 is 8.42 Å². The minimum atomic E-state index is -3.19. The standard InChI is InChI=1S/C11H10BrClN2O2S2/c1-19(16,17)8-2-3-10(9(12)4-8)14-5-7-6-15-11(13)18-7/h2-4,6,14H,5H2,1H3. The molecular weight excluding hydrogens is 372 g/mol. The van der Waals surface area contributed by atoms with E-state index in [1.165, 1.54) is 17.6 Å². The Hall–Kier alpha value is -0.630. The molecule has 0 radical (unpaired) electrons. The lowest BCUT2D eigenvalue weighted by Gasteiger charge is -2.08. The monoisotopic (exact) mass is 380 g/mol. The maximum Gasteiger partial charge on any atom is 0.183 e. The highest BCUT2D eigenvalue weighted by Gasteiger charge is 2.10. The molecule has 0 amide bonds. The topological polar surface area (TPSA) is 59.1 Å². The molecule has 1 heterocycles. The third-order valence-electron chi connectivity index (χ3n) is 2.35. The van der Waals surface area contributed by atoms with E-state index in [0.717, 1.165) is 10.6 Å². The number of anilines is 1. The van der Waals surface area contributed by atoms with Gasteiger partial charge in [-0.15, -0.1) is 11.3 Å². The van der Waals surface area contributed by atoms with Crippen molar-refractivity contribution in [1.82, 2.24) is 4.98 Å². The Morgan fingerprint density at radius 3 is 2.74 bits per heavy atom. The molecule has 4 nitrogen and oxygen atoms in total. The van der Waals surface area contributed by atoms with Crippen molar-refractivity contribution in [1.29, 1.82) is 0 Å². The summed E-state index contributed by atoms with van der Waals surface area (Å²) in [5.41, 5.74) is 0.817. The molecule has 0 saturated heterocycles. The largest absolute Gasteiger partial charge is 0.379 e. The van der Waals surface area contributed by atoms with E-state index >= 15 is 0 Å². The molecule has 0 aliphatic heterocycles. The fraction of sp³-hybridized carbons (Fsp3) is 0.182. The van der Waals surface area contributed by atoms with Crippen molar-refractivity contribution >= 4 is 54.4 Å². The Labute approximate surface area is 128 Å². The second kappa shape index (κ2) is 5.78. The van der Waals surface area contributed by atoms with Crippen molar-refractivity contribution in [2.45, 2.75) is 11.4 Å². The summed E-state index contributed by atoms with van der Waals surface area (Å²) in [6, 6.07) is 4.88. The SMILES string of the molecule is CS(=O)(=O)c1ccc(NCc2cnc(Cl)s2)c(Br)c1. The van der Waals surface area contributed by atoms with Gasteiger partial charge in [-0.05, 0) is 34.1 Å². The molecule has 0 bridgehead atoms. The average molecular weight is 382 g/mol. The predicted octanol–water partition coefficient (Wildman–Crippen LogP) is 3.57. The molecule has 0 aliphatic carbocycles. The van der Waals surface area contributed by atoms with Gasteiger partial charge in [-0.3, -0.25) is 0 Å². The van der Waals surface area contributed by atoms with Gasteiger partial charge in [-0.2, -0.15) is 0 Å². The summed E-state index contributed by atoms with van der Waals surface area (Å²) in [4.78, 5) is 5.24. The zero-order chi connectivity index (χ0) is 14.0. The van der Waals surface area contributed by atoms with Gasteiger partial charge in [0.15, 0.2) is 14.3 Å². The molecule has 0 saturated carbocycles. The molecule has 2 rings (SSSR count). The number of nitrogens with zero attached hydrogens (tertiary/aromatic N) is 1. The van der Waals surface area contributed by atoms with Gasteiger partial charge in [0.2, 0.25) is 0 Å². The second-order valence-electron chi connectivity index (χ2n) is 3.85. The molecule has 19 heavy (non-hydrogen) atoms. The molecule has 1 aromatic heterocycles. The number of halogens is 2. The Morgan fingerprint density at radius 1 is 1.47 bits per heavy atom. The lowest BCUT2D eigenvalue weighted by atomic mass is 10.3. The van der Waals surface area contributed by atoms with Crippen LogP contribution in [0.3, 0.4) is 0 Å². The number of hydrogen-bond acceptors (Lipinski definition) is 5. The van der Waals surface area contributed by atoms with Crippen LogP contribution in [0.4, 0.5) is 5.69 Å². The summed E-state index contributed by atoms with van der Waals surface area (Å²) in [5.74, 6) is 0. The Kier molecular flexibility index (Phi) is 4.50. The van der Waals surface area contributed by atoms with Crippen LogP contribution in [0, 0.1) is 0 Å². The molecule has 0 spiro atoms. The number of benzene rings is 1. The van der Waals surface area contributed by atoms with Crippen LogP contribution in [0.25, 0.3) is 0 Å². The van der Waals surface area contributed by atoms with Crippen LogP contribution in [-0.4, -0.2) is 19.7 Å². The minimum absolute atomic E-state index is 0.283. The number of sulfone groups is 1. The molecule has 0 fully saturated rings. The highest BCUT2D eigenvalue weighted by atomic mass is 79.9. The predicted molar refractivity (Wildman–Crippen MR) is 81.7 cm³/mol. The van der Waals surface area contributed by atoms with Crippen LogP contribution in [0.1, 0.15) is 4.88 Å². The summed E-state index contributed by atoms with van der Waals surface area (Å²) in [5, 5.41) is 3.19. The number of rotatable bonds is 4. The molecular formula is C11H10BrClN2O2S2. The maximum absolute atomic E-state index is 11.4. The molecule has 0 aliphatic rings. The molecule has 0 atom stereocenters. The van der Waals surface area contributed by atoms with Gasteiger partial charge in [0.25, 0.3) is 0 Å². The van der Waals surface area contributed by atoms with Crippen molar-refractivity contribution in [3.63, 3.8) is 0 Å². The van der Waals surface area contributed by atoms with Crippen molar-refractivity contribution in [3.8, 4) is 0 Å². The fourth-order valence-corrected chi connectivity index (χ4v) is 3.65. The Balaban J connectivity index is 2.14. The highest BCUT2D eigenvalue weighted by Crippen LogP contribution is 2.27. The Bertz CT molecular complexity index is 700. The third kappa shape index (κ3) is 3.92. The first-order valence-electron chi connectivity index (χ1n) is 5.20. The fourth-order valence-electron chi connectivity index (χ4n) is 1.42. The average Bonchev–Trinajstić information content (AvgIpc) is 2.72. The van der Waals surface area contributed by atoms with Gasteiger partial charge in [-0.1, -0.05) is 11.6 Å². The number of hydrogen-bond donors (Lipinski definition) is 1. The molecule has 0 unspecified atom stereocenters. The molecule has 8 heteroatoms. The molecule has 1 N–H and O–H groups in total. The normalized spacial score (nSPS) is 11.5. The van der Waals surface area contributed by atoms with Crippen LogP contribution in [0.5, 0.6) is 0 Å². The van der Waals surface area contributed by atoms with Crippen LogP contribution < -0.4 is 5.32 Å². The third-order valence-corrected chi connectivity index (χ3v) is 5.23. The highest BCUT2D eigenvalue weighted by molar-refractivity contribution is 9.10. The van der Waals surface area contributed by atoms with Gasteiger partial charge < -0.3 is 5.32 Å². The molecule has 2 aromatic rings. The summed E-state index contributed by atoms with van der Waals surface area (Å²) in [7, 11) is -3.19. The van der Waals surface area contributed by atoms with Crippen LogP contribution in [0.2, 0.25) is 4.47 Å². The van der Waals surface area contributed by atoms with Crippen LogP contribution >= 0.6 is 38.9 Å². The van der Waals surface area contributed by atoms with Gasteiger partial charge in [-0.25, -0.2) is 13.4 Å². The number of aromatic nitrogens is 1. The van der Waals surface area contributed by atoms with E-state index in [2.05, 4.69) is 26.2 Å². The van der Waals surface area contributed by atoms with Crippen molar-refractivity contribution in [2.24, 2.45) is 0 Å². The summed E-state index contributed by atoms with van der Waals surface area (Å²) < 4.78 is 24.0. The van der Waals surface area contributed by atoms with E-state index < -0.39 is 9.84 Å². The van der Waals surface area contributed by atoms with Crippen LogP contribution in [-0.2, 0) is 16.4 Å². The number of thiazole rings is 1. The lowest BCUT2D eigenvalue weighted by molar-refractivity contribution is 0.602. The number of nitrogens with one attached hydrogen (secondary N) is 1. The quantitative estimate of drug-likeness (QED) is 0.879. The van der Waals surface area contributed by atoms with Gasteiger partial charge in [0.1, 0.15) is 0 Å². The molecule has 102 valence electrons. The second-order valence-corrected chi connectivity index (χ2v) is 8.41. The van der Waals surface area contributed by atoms with E-state index in [1.54, 1.807) is 24.4 Å². The first-order chi connectivity index (χ1) is 8.86. The smallest absolute Gasteiger partial charge is 0.183 e. The van der Waals surface area contributed by atoms with E-state index in [0.29, 0.717) is 15.5 Å². The Morgan fingerprint density at radius 2 is 2.21 bits per heavy atom. The van der Waals surface area contributed by atoms with Crippen molar-refractivity contribution in [3.05, 3.63) is 38.2 Å². The van der Waals surface area contributed by atoms with E-state index in [-0.39, 0.29) is 4.90 Å². The minimum Gasteiger partial charge on any atom is -0.379 e. The van der Waals surface area contributed by atoms with Gasteiger partial charge in [0, 0.05) is 27.5 Å². The summed E-state index contributed by atoms with van der Waals surface area (Å²) >= 11 is 10.5. The van der Waals surface area contributed by atoms with Gasteiger partial charge >= 0.3 is 0 Å². The van der Waals surface area contributed by atoms with Crippen molar-refractivity contribution in [2.75, 3.05) is 11.6 Å².